The van der Waals surface area contributed by atoms with Crippen LogP contribution in [-0.2, 0) is 11.3 Å². The number of hydrogen-bond donors (Lipinski definition) is 1. The summed E-state index contributed by atoms with van der Waals surface area (Å²) in [5.41, 5.74) is 2.31. The van der Waals surface area contributed by atoms with Crippen molar-refractivity contribution >= 4 is 45.7 Å². The van der Waals surface area contributed by atoms with Gasteiger partial charge in [-0.1, -0.05) is 34.7 Å². The summed E-state index contributed by atoms with van der Waals surface area (Å²) in [7, 11) is 1.59. The third-order valence-electron chi connectivity index (χ3n) is 3.37. The Kier molecular flexibility index (Phi) is 6.07. The summed E-state index contributed by atoms with van der Waals surface area (Å²) < 4.78 is 7.31. The molecule has 26 heavy (non-hydrogen) atoms. The van der Waals surface area contributed by atoms with Crippen molar-refractivity contribution in [2.45, 2.75) is 18.6 Å². The van der Waals surface area contributed by atoms with Gasteiger partial charge >= 0.3 is 0 Å². The molecule has 0 fully saturated rings. The zero-order valence-corrected chi connectivity index (χ0v) is 16.4. The van der Waals surface area contributed by atoms with E-state index >= 15 is 0 Å². The van der Waals surface area contributed by atoms with Crippen molar-refractivity contribution in [2.75, 3.05) is 18.2 Å². The van der Waals surface area contributed by atoms with Gasteiger partial charge in [0.05, 0.1) is 18.4 Å². The number of carbonyl (C=O) groups is 1. The lowest BCUT2D eigenvalue weighted by Gasteiger charge is -2.10. The monoisotopic (exact) mass is 410 g/mol. The Labute approximate surface area is 162 Å². The number of amides is 1. The predicted octanol–water partition coefficient (Wildman–Crippen LogP) is 3.21. The van der Waals surface area contributed by atoms with Crippen LogP contribution in [-0.4, -0.2) is 43.7 Å². The number of methoxy groups -OCH3 is 1. The van der Waals surface area contributed by atoms with Gasteiger partial charge in [0.2, 0.25) is 11.0 Å². The highest BCUT2D eigenvalue weighted by Gasteiger charge is 2.18. The van der Waals surface area contributed by atoms with Crippen molar-refractivity contribution in [3.05, 3.63) is 28.7 Å². The molecule has 0 aliphatic carbocycles. The number of halogens is 1. The molecule has 0 atom stereocenters. The number of aromatic nitrogens is 5. The van der Waals surface area contributed by atoms with E-state index in [4.69, 9.17) is 16.3 Å². The van der Waals surface area contributed by atoms with E-state index in [0.717, 1.165) is 5.56 Å². The van der Waals surface area contributed by atoms with Gasteiger partial charge in [-0.05, 0) is 25.1 Å². The van der Waals surface area contributed by atoms with Crippen molar-refractivity contribution in [3.63, 3.8) is 0 Å². The maximum absolute atomic E-state index is 12.0. The molecule has 0 unspecified atom stereocenters. The van der Waals surface area contributed by atoms with E-state index in [-0.39, 0.29) is 11.7 Å². The quantitative estimate of drug-likeness (QED) is 0.597. The van der Waals surface area contributed by atoms with E-state index in [2.05, 4.69) is 25.7 Å². The Hall–Kier alpha value is -2.17. The van der Waals surface area contributed by atoms with Gasteiger partial charge in [-0.25, -0.2) is 0 Å². The molecule has 8 nitrogen and oxygen atoms in total. The van der Waals surface area contributed by atoms with Crippen molar-refractivity contribution < 1.29 is 9.53 Å². The van der Waals surface area contributed by atoms with Crippen molar-refractivity contribution in [1.82, 2.24) is 25.0 Å². The van der Waals surface area contributed by atoms with E-state index in [0.29, 0.717) is 33.4 Å². The first-order valence-corrected chi connectivity index (χ1v) is 9.82. The lowest BCUT2D eigenvalue weighted by Crippen LogP contribution is -2.14. The van der Waals surface area contributed by atoms with E-state index in [1.165, 1.54) is 23.1 Å². The Morgan fingerprint density at radius 3 is 2.92 bits per heavy atom. The van der Waals surface area contributed by atoms with Crippen LogP contribution in [0.4, 0.5) is 5.13 Å². The minimum atomic E-state index is -0.181. The first kappa shape index (κ1) is 18.6. The smallest absolute Gasteiger partial charge is 0.236 e. The summed E-state index contributed by atoms with van der Waals surface area (Å²) in [6, 6.07) is 5.33. The summed E-state index contributed by atoms with van der Waals surface area (Å²) in [5, 5.41) is 20.3. The Morgan fingerprint density at radius 2 is 2.23 bits per heavy atom. The molecule has 1 N–H and O–H groups in total. The van der Waals surface area contributed by atoms with Gasteiger partial charge in [-0.15, -0.1) is 20.4 Å². The van der Waals surface area contributed by atoms with Gasteiger partial charge in [0, 0.05) is 11.6 Å². The largest absolute Gasteiger partial charge is 0.496 e. The number of benzene rings is 1. The molecule has 0 bridgehead atoms. The van der Waals surface area contributed by atoms with Crippen LogP contribution in [0.1, 0.15) is 6.92 Å². The third-order valence-corrected chi connectivity index (χ3v) is 5.18. The molecule has 0 radical (unpaired) electrons. The van der Waals surface area contributed by atoms with Crippen molar-refractivity contribution in [3.8, 4) is 17.1 Å². The number of thioether (sulfide) groups is 1. The summed E-state index contributed by atoms with van der Waals surface area (Å²) >= 11 is 8.67. The third kappa shape index (κ3) is 4.14. The van der Waals surface area contributed by atoms with E-state index < -0.39 is 0 Å². The van der Waals surface area contributed by atoms with Crippen molar-refractivity contribution in [1.29, 1.82) is 0 Å². The van der Waals surface area contributed by atoms with Crippen LogP contribution < -0.4 is 10.1 Å². The Balaban J connectivity index is 1.78. The zero-order chi connectivity index (χ0) is 18.5. The van der Waals surface area contributed by atoms with Gasteiger partial charge in [0.1, 0.15) is 11.3 Å². The van der Waals surface area contributed by atoms with Crippen LogP contribution in [0.3, 0.4) is 0 Å². The van der Waals surface area contributed by atoms with Gasteiger partial charge in [-0.2, -0.15) is 0 Å². The molecule has 0 aliphatic heterocycles. The molecule has 136 valence electrons. The fourth-order valence-electron chi connectivity index (χ4n) is 2.25. The van der Waals surface area contributed by atoms with Gasteiger partial charge < -0.3 is 9.30 Å². The summed E-state index contributed by atoms with van der Waals surface area (Å²) in [6.45, 7) is 2.62. The predicted molar refractivity (Wildman–Crippen MR) is 102 cm³/mol. The number of carbonyl (C=O) groups excluding carboxylic acids is 1. The van der Waals surface area contributed by atoms with Crippen LogP contribution in [0.15, 0.2) is 28.9 Å². The molecule has 1 aromatic carbocycles. The standard InChI is InChI=1S/C15H15ClN6O2S2/c1-3-22-13(10-6-9(16)4-5-11(10)24-2)19-21-15(22)25-7-12(23)18-14-20-17-8-26-14/h4-6,8H,3,7H2,1-2H3,(H,18,20,23). The number of ether oxygens (including phenoxy) is 1. The summed E-state index contributed by atoms with van der Waals surface area (Å²) in [6.07, 6.45) is 0. The molecule has 0 spiro atoms. The second-order valence-corrected chi connectivity index (χ2v) is 7.19. The number of nitrogens with one attached hydrogen (secondary N) is 1. The maximum atomic E-state index is 12.0. The highest BCUT2D eigenvalue weighted by molar-refractivity contribution is 7.99. The minimum Gasteiger partial charge on any atom is -0.496 e. The first-order valence-electron chi connectivity index (χ1n) is 7.58. The zero-order valence-electron chi connectivity index (χ0n) is 14.0. The Bertz CT molecular complexity index is 900. The molecular weight excluding hydrogens is 396 g/mol. The molecule has 1 amide bonds. The second-order valence-electron chi connectivity index (χ2n) is 4.98. The van der Waals surface area contributed by atoms with Crippen LogP contribution in [0.25, 0.3) is 11.4 Å². The second kappa shape index (κ2) is 8.47. The highest BCUT2D eigenvalue weighted by atomic mass is 35.5. The van der Waals surface area contributed by atoms with Crippen LogP contribution in [0, 0.1) is 0 Å². The van der Waals surface area contributed by atoms with Gasteiger partial charge in [-0.3, -0.25) is 10.1 Å². The van der Waals surface area contributed by atoms with E-state index in [9.17, 15) is 4.79 Å². The fourth-order valence-corrected chi connectivity index (χ4v) is 3.68. The number of nitrogens with zero attached hydrogens (tertiary/aromatic N) is 5. The number of rotatable bonds is 7. The average Bonchev–Trinajstić information content (AvgIpc) is 3.29. The van der Waals surface area contributed by atoms with Crippen molar-refractivity contribution in [2.24, 2.45) is 0 Å². The topological polar surface area (TPSA) is 94.8 Å². The summed E-state index contributed by atoms with van der Waals surface area (Å²) in [5.74, 6) is 1.30. The van der Waals surface area contributed by atoms with Gasteiger partial charge in [0.15, 0.2) is 11.0 Å². The lowest BCUT2D eigenvalue weighted by molar-refractivity contribution is -0.113. The molecule has 3 aromatic rings. The fraction of sp³-hybridized carbons (Fsp3) is 0.267. The normalized spacial score (nSPS) is 10.7. The molecule has 0 aliphatic rings. The minimum absolute atomic E-state index is 0.181. The lowest BCUT2D eigenvalue weighted by atomic mass is 10.2. The van der Waals surface area contributed by atoms with E-state index in [1.807, 2.05) is 11.5 Å². The molecule has 2 aromatic heterocycles. The molecular formula is C15H15ClN6O2S2. The molecule has 3 rings (SSSR count). The molecule has 2 heterocycles. The molecule has 0 saturated carbocycles. The first-order chi connectivity index (χ1) is 12.6. The SMILES string of the molecule is CCn1c(SCC(=O)Nc2nncs2)nnc1-c1cc(Cl)ccc1OC. The average molecular weight is 411 g/mol. The maximum Gasteiger partial charge on any atom is 0.236 e. The molecule has 0 saturated heterocycles. The van der Waals surface area contributed by atoms with Crippen LogP contribution >= 0.6 is 34.7 Å². The van der Waals surface area contributed by atoms with E-state index in [1.54, 1.807) is 30.8 Å². The molecule has 11 heteroatoms. The number of hydrogen-bond acceptors (Lipinski definition) is 8. The highest BCUT2D eigenvalue weighted by Crippen LogP contribution is 2.33. The Morgan fingerprint density at radius 1 is 1.38 bits per heavy atom. The number of anilines is 1. The van der Waals surface area contributed by atoms with Crippen LogP contribution in [0.5, 0.6) is 5.75 Å². The van der Waals surface area contributed by atoms with Crippen LogP contribution in [0.2, 0.25) is 5.02 Å². The summed E-state index contributed by atoms with van der Waals surface area (Å²) in [4.78, 5) is 12.0. The van der Waals surface area contributed by atoms with Gasteiger partial charge in [0.25, 0.3) is 0 Å².